The molecule has 7 nitrogen and oxygen atoms in total. The van der Waals surface area contributed by atoms with E-state index in [0.29, 0.717) is 0 Å². The number of fused-ring (bicyclic) bond motifs is 9. The van der Waals surface area contributed by atoms with Crippen LogP contribution in [0.2, 0.25) is 0 Å². The molecule has 0 spiro atoms. The molecule has 0 aliphatic carbocycles. The quantitative estimate of drug-likeness (QED) is 0.0905. The van der Waals surface area contributed by atoms with Gasteiger partial charge in [0.1, 0.15) is 0 Å². The van der Waals surface area contributed by atoms with Crippen molar-refractivity contribution in [2.75, 3.05) is 24.5 Å². The molecule has 22 rings (SSSR count). The predicted molar refractivity (Wildman–Crippen MR) is 596 cm³/mol. The highest BCUT2D eigenvalue weighted by Crippen LogP contribution is 2.47. The number of nitrogens with zero attached hydrogens (tertiary/aromatic N) is 7. The Hall–Kier alpha value is -16.0. The molecule has 3 heterocycles. The molecule has 0 radical (unpaired) electrons. The first-order valence-corrected chi connectivity index (χ1v) is 48.8. The Morgan fingerprint density at radius 2 is 0.348 bits per heavy atom. The summed E-state index contributed by atoms with van der Waals surface area (Å²) in [6, 6.07) is 176. The van der Waals surface area contributed by atoms with Crippen molar-refractivity contribution in [3.8, 4) is 11.4 Å². The van der Waals surface area contributed by atoms with Gasteiger partial charge in [0, 0.05) is 138 Å². The molecule has 138 heavy (non-hydrogen) atoms. The van der Waals surface area contributed by atoms with Gasteiger partial charge >= 0.3 is 0 Å². The minimum Gasteiger partial charge on any atom is -0.311 e. The van der Waals surface area contributed by atoms with E-state index in [9.17, 15) is 0 Å². The summed E-state index contributed by atoms with van der Waals surface area (Å²) >= 11 is 1.86. The van der Waals surface area contributed by atoms with Crippen molar-refractivity contribution in [2.45, 2.75) is 105 Å². The summed E-state index contributed by atoms with van der Waals surface area (Å²) in [7, 11) is 0. The lowest BCUT2D eigenvalue weighted by Gasteiger charge is -2.29. The average molecular weight is 1810 g/mol. The normalized spacial score (nSPS) is 11.6. The van der Waals surface area contributed by atoms with Crippen LogP contribution in [0.15, 0.2) is 491 Å². The van der Waals surface area contributed by atoms with Gasteiger partial charge in [0.15, 0.2) is 0 Å². The second-order valence-electron chi connectivity index (χ2n) is 39.4. The van der Waals surface area contributed by atoms with Crippen molar-refractivity contribution >= 4 is 160 Å². The Labute approximate surface area is 818 Å². The number of thiophene rings is 1. The fraction of sp³-hybridized carbons (Fsp3) is 0.123. The van der Waals surface area contributed by atoms with Crippen LogP contribution in [0.4, 0.5) is 85.3 Å². The summed E-state index contributed by atoms with van der Waals surface area (Å²) < 4.78 is 7.39. The highest BCUT2D eigenvalue weighted by Gasteiger charge is 2.26. The molecule has 0 atom stereocenters. The highest BCUT2D eigenvalue weighted by atomic mass is 32.1. The largest absolute Gasteiger partial charge is 0.311 e. The molecule has 0 bridgehead atoms. The number of para-hydroxylation sites is 10. The molecule has 0 amide bonds. The van der Waals surface area contributed by atoms with Gasteiger partial charge in [-0.05, 0) is 287 Å². The molecule has 0 N–H and O–H groups in total. The van der Waals surface area contributed by atoms with Crippen molar-refractivity contribution in [3.05, 3.63) is 514 Å². The van der Waals surface area contributed by atoms with Crippen molar-refractivity contribution in [3.63, 3.8) is 0 Å². The number of benzene rings is 19. The lowest BCUT2D eigenvalue weighted by Crippen LogP contribution is -2.13. The first-order valence-electron chi connectivity index (χ1n) is 47.9. The third-order valence-electron chi connectivity index (χ3n) is 25.9. The zero-order valence-corrected chi connectivity index (χ0v) is 81.6. The Kier molecular flexibility index (Phi) is 26.1. The zero-order valence-electron chi connectivity index (χ0n) is 80.8. The third-order valence-corrected chi connectivity index (χ3v) is 27.1. The summed E-state index contributed by atoms with van der Waals surface area (Å²) in [6.45, 7) is 27.1. The van der Waals surface area contributed by atoms with Gasteiger partial charge in [0.05, 0.1) is 22.1 Å². The molecule has 0 unspecified atom stereocenters. The van der Waals surface area contributed by atoms with Crippen LogP contribution in [0, 0.1) is 0 Å². The van der Waals surface area contributed by atoms with Gasteiger partial charge in [-0.2, -0.15) is 0 Å². The third kappa shape index (κ3) is 19.7. The zero-order chi connectivity index (χ0) is 95.1. The fourth-order valence-corrected chi connectivity index (χ4v) is 19.7. The van der Waals surface area contributed by atoms with E-state index in [0.717, 1.165) is 73.9 Å². The maximum Gasteiger partial charge on any atom is 0.0542 e. The van der Waals surface area contributed by atoms with Crippen LogP contribution < -0.4 is 24.5 Å². The standard InChI is InChI=1S/2C34H30N2.C34H32N2.C28H25NS/c1-34(2,3)25-18-20-28(21-19-25)35(26-12-6-4-7-13-26)29-22-23-33-31(24-29)30-16-10-11-17-32(30)36(33)27-14-8-5-9-15-27;1-34(2,3)25-17-19-27(20-18-25)35(26-11-5-4-6-12-26)28-21-23-29(24-22-28)36-32-15-9-7-13-30(32)31-14-8-10-16-33(31)36;1-34(2,3)27-19-21-31(22-20-27)36(30-17-11-6-12-18-30)33-25-23-32(24-26-33)35(28-13-7-4-8-14-28)29-15-9-5-10-16-29;1-28(2,3)20-13-15-22(16-14-20)29(21-9-5-4-6-10-21)23-17-18-27-25(19-23)24-11-7-8-12-26(24)30-27/h2*4-24H,1-3H3;4-26H,1-3H3;4-19H,1-3H3. The van der Waals surface area contributed by atoms with Crippen LogP contribution in [-0.4, -0.2) is 9.13 Å². The van der Waals surface area contributed by atoms with E-state index < -0.39 is 0 Å². The summed E-state index contributed by atoms with van der Waals surface area (Å²) in [4.78, 5) is 11.6. The number of aromatic nitrogens is 2. The first-order chi connectivity index (χ1) is 67.0. The average Bonchev–Trinajstić information content (AvgIpc) is 1.59. The van der Waals surface area contributed by atoms with Crippen LogP contribution in [-0.2, 0) is 21.7 Å². The van der Waals surface area contributed by atoms with E-state index in [-0.39, 0.29) is 21.7 Å². The van der Waals surface area contributed by atoms with Gasteiger partial charge in [-0.15, -0.1) is 11.3 Å². The van der Waals surface area contributed by atoms with Gasteiger partial charge in [0.2, 0.25) is 0 Å². The van der Waals surface area contributed by atoms with Gasteiger partial charge in [-0.1, -0.05) is 332 Å². The molecular weight excluding hydrogens is 1690 g/mol. The SMILES string of the molecule is CC(C)(C)c1ccc(N(c2ccccc2)c2ccc(-n3c4ccccc4c4ccccc43)cc2)cc1.CC(C)(C)c1ccc(N(c2ccccc2)c2ccc(N(c3ccccc3)c3ccccc3)cc2)cc1.CC(C)(C)c1ccc(N(c2ccccc2)c2ccc3c(c2)c2ccccc2n3-c2ccccc2)cc1.CC(C)(C)c1ccc(N(c2ccccc2)c2ccc3sc4ccccc4c3c2)cc1. The molecule has 0 aliphatic heterocycles. The maximum atomic E-state index is 2.36. The summed E-state index contributed by atoms with van der Waals surface area (Å²) in [5, 5.41) is 7.72. The molecule has 19 aromatic carbocycles. The number of rotatable bonds is 17. The second kappa shape index (κ2) is 39.5. The van der Waals surface area contributed by atoms with E-state index in [1.165, 1.54) is 109 Å². The van der Waals surface area contributed by atoms with E-state index in [2.05, 4.69) is 608 Å². The topological polar surface area (TPSA) is 26.1 Å². The summed E-state index contributed by atoms with van der Waals surface area (Å²) in [5.41, 5.74) is 30.2. The molecule has 0 aliphatic rings. The van der Waals surface area contributed by atoms with Gasteiger partial charge in [-0.3, -0.25) is 0 Å². The Bertz CT molecular complexity index is 7740. The second-order valence-corrected chi connectivity index (χ2v) is 40.5. The van der Waals surface area contributed by atoms with Crippen molar-refractivity contribution < 1.29 is 0 Å². The number of anilines is 15. The van der Waals surface area contributed by atoms with Crippen LogP contribution in [0.25, 0.3) is 75.2 Å². The van der Waals surface area contributed by atoms with Gasteiger partial charge < -0.3 is 33.6 Å². The van der Waals surface area contributed by atoms with Crippen molar-refractivity contribution in [1.29, 1.82) is 0 Å². The lowest BCUT2D eigenvalue weighted by molar-refractivity contribution is 0.590. The maximum absolute atomic E-state index is 2.36. The van der Waals surface area contributed by atoms with E-state index in [4.69, 9.17) is 0 Å². The molecular formula is C130H117N7S. The van der Waals surface area contributed by atoms with Crippen molar-refractivity contribution in [2.24, 2.45) is 0 Å². The number of hydrogen-bond acceptors (Lipinski definition) is 6. The van der Waals surface area contributed by atoms with Crippen LogP contribution in [0.3, 0.4) is 0 Å². The highest BCUT2D eigenvalue weighted by molar-refractivity contribution is 7.25. The van der Waals surface area contributed by atoms with E-state index in [1.54, 1.807) is 0 Å². The predicted octanol–water partition coefficient (Wildman–Crippen LogP) is 37.8. The van der Waals surface area contributed by atoms with Crippen LogP contribution in [0.1, 0.15) is 105 Å². The van der Waals surface area contributed by atoms with E-state index in [1.807, 2.05) is 11.3 Å². The van der Waals surface area contributed by atoms with Gasteiger partial charge in [0.25, 0.3) is 0 Å². The van der Waals surface area contributed by atoms with Gasteiger partial charge in [-0.25, -0.2) is 0 Å². The van der Waals surface area contributed by atoms with Crippen molar-refractivity contribution in [1.82, 2.24) is 9.13 Å². The number of hydrogen-bond donors (Lipinski definition) is 0. The summed E-state index contributed by atoms with van der Waals surface area (Å²) in [6.07, 6.45) is 0. The smallest absolute Gasteiger partial charge is 0.0542 e. The lowest BCUT2D eigenvalue weighted by atomic mass is 9.87. The molecule has 8 heteroatoms. The summed E-state index contributed by atoms with van der Waals surface area (Å²) in [5.74, 6) is 0. The molecule has 3 aromatic heterocycles. The Morgan fingerprint density at radius 3 is 0.652 bits per heavy atom. The fourth-order valence-electron chi connectivity index (χ4n) is 18.7. The van der Waals surface area contributed by atoms with E-state index >= 15 is 0 Å². The molecule has 22 aromatic rings. The minimum atomic E-state index is 0.119. The molecule has 0 saturated carbocycles. The monoisotopic (exact) mass is 1810 g/mol. The molecule has 678 valence electrons. The minimum absolute atomic E-state index is 0.119. The Balaban J connectivity index is 0.000000118. The Morgan fingerprint density at radius 1 is 0.152 bits per heavy atom. The molecule has 0 saturated heterocycles. The first kappa shape index (κ1) is 91.1. The molecule has 0 fully saturated rings. The van der Waals surface area contributed by atoms with Crippen LogP contribution >= 0.6 is 11.3 Å². The van der Waals surface area contributed by atoms with Crippen LogP contribution in [0.5, 0.6) is 0 Å².